The van der Waals surface area contributed by atoms with Crippen LogP contribution < -0.4 is 14.8 Å². The van der Waals surface area contributed by atoms with Crippen LogP contribution in [-0.2, 0) is 6.54 Å². The number of anilines is 1. The van der Waals surface area contributed by atoms with Gasteiger partial charge >= 0.3 is 0 Å². The molecule has 0 bridgehead atoms. The van der Waals surface area contributed by atoms with E-state index in [1.54, 1.807) is 31.8 Å². The Morgan fingerprint density at radius 2 is 2.00 bits per heavy atom. The van der Waals surface area contributed by atoms with E-state index < -0.39 is 0 Å². The molecule has 0 saturated carbocycles. The smallest absolute Gasteiger partial charge is 0.180 e. The maximum absolute atomic E-state index is 5.41. The molecule has 0 spiro atoms. The maximum Gasteiger partial charge on any atom is 0.180 e. The first-order chi connectivity index (χ1) is 12.8. The van der Waals surface area contributed by atoms with Crippen molar-refractivity contribution in [1.29, 1.82) is 0 Å². The zero-order chi connectivity index (χ0) is 17.9. The molecule has 0 aliphatic rings. The van der Waals surface area contributed by atoms with Crippen LogP contribution in [0.1, 0.15) is 4.88 Å². The predicted octanol–water partition coefficient (Wildman–Crippen LogP) is 4.09. The Labute approximate surface area is 155 Å². The number of nitrogens with zero attached hydrogens (tertiary/aromatic N) is 3. The highest BCUT2D eigenvalue weighted by Gasteiger charge is 2.13. The van der Waals surface area contributed by atoms with Crippen LogP contribution in [-0.4, -0.2) is 28.6 Å². The molecule has 7 heteroatoms. The molecule has 0 amide bonds. The summed E-state index contributed by atoms with van der Waals surface area (Å²) in [6, 6.07) is 9.97. The minimum Gasteiger partial charge on any atom is -0.493 e. The van der Waals surface area contributed by atoms with Gasteiger partial charge in [-0.2, -0.15) is 0 Å². The third kappa shape index (κ3) is 2.97. The van der Waals surface area contributed by atoms with Gasteiger partial charge in [0.15, 0.2) is 23.0 Å². The van der Waals surface area contributed by atoms with E-state index in [2.05, 4.69) is 26.7 Å². The van der Waals surface area contributed by atoms with Crippen molar-refractivity contribution in [2.45, 2.75) is 6.54 Å². The van der Waals surface area contributed by atoms with Gasteiger partial charge < -0.3 is 14.8 Å². The van der Waals surface area contributed by atoms with E-state index in [1.807, 2.05) is 41.1 Å². The number of rotatable bonds is 6. The van der Waals surface area contributed by atoms with Crippen LogP contribution in [0.25, 0.3) is 16.9 Å². The largest absolute Gasteiger partial charge is 0.493 e. The Bertz CT molecular complexity index is 1030. The summed E-state index contributed by atoms with van der Waals surface area (Å²) in [6.45, 7) is 0.725. The minimum absolute atomic E-state index is 0.685. The topological polar surface area (TPSA) is 60.7 Å². The zero-order valence-corrected chi connectivity index (χ0v) is 15.3. The van der Waals surface area contributed by atoms with Crippen molar-refractivity contribution in [3.63, 3.8) is 0 Å². The third-order valence-electron chi connectivity index (χ3n) is 4.12. The second-order valence-electron chi connectivity index (χ2n) is 5.62. The summed E-state index contributed by atoms with van der Waals surface area (Å²) in [6.07, 6.45) is 5.52. The first-order valence-corrected chi connectivity index (χ1v) is 8.99. The third-order valence-corrected chi connectivity index (χ3v) is 4.99. The number of imidazole rings is 1. The van der Waals surface area contributed by atoms with Crippen molar-refractivity contribution in [2.24, 2.45) is 0 Å². The molecular formula is C19H18N4O2S. The molecular weight excluding hydrogens is 348 g/mol. The van der Waals surface area contributed by atoms with Crippen molar-refractivity contribution in [2.75, 3.05) is 19.5 Å². The molecule has 3 aromatic heterocycles. The summed E-state index contributed by atoms with van der Waals surface area (Å²) in [4.78, 5) is 10.3. The van der Waals surface area contributed by atoms with Crippen LogP contribution in [0, 0.1) is 0 Å². The quantitative estimate of drug-likeness (QED) is 0.557. The van der Waals surface area contributed by atoms with Crippen molar-refractivity contribution in [3.8, 4) is 22.8 Å². The SMILES string of the molecule is COc1ccc(-c2cnc3c(NCc4cccs4)nccn23)cc1OC. The van der Waals surface area contributed by atoms with Gasteiger partial charge in [-0.15, -0.1) is 11.3 Å². The first kappa shape index (κ1) is 16.4. The highest BCUT2D eigenvalue weighted by molar-refractivity contribution is 7.09. The molecule has 0 fully saturated rings. The van der Waals surface area contributed by atoms with Gasteiger partial charge in [-0.3, -0.25) is 4.40 Å². The number of nitrogens with one attached hydrogen (secondary N) is 1. The molecule has 3 heterocycles. The van der Waals surface area contributed by atoms with Gasteiger partial charge in [0.1, 0.15) is 0 Å². The fourth-order valence-corrected chi connectivity index (χ4v) is 3.48. The summed E-state index contributed by atoms with van der Waals surface area (Å²) in [5, 5.41) is 5.43. The summed E-state index contributed by atoms with van der Waals surface area (Å²) in [5.41, 5.74) is 2.74. The Kier molecular flexibility index (Phi) is 4.45. The van der Waals surface area contributed by atoms with Gasteiger partial charge in [0.2, 0.25) is 0 Å². The number of hydrogen-bond acceptors (Lipinski definition) is 6. The molecule has 0 aliphatic heterocycles. The Morgan fingerprint density at radius 1 is 1.12 bits per heavy atom. The molecule has 0 aliphatic carbocycles. The lowest BCUT2D eigenvalue weighted by Gasteiger charge is -2.10. The monoisotopic (exact) mass is 366 g/mol. The molecule has 1 aromatic carbocycles. The highest BCUT2D eigenvalue weighted by atomic mass is 32.1. The Hall–Kier alpha value is -3.06. The van der Waals surface area contributed by atoms with E-state index in [0.29, 0.717) is 11.5 Å². The zero-order valence-electron chi connectivity index (χ0n) is 14.5. The number of thiophene rings is 1. The fourth-order valence-electron chi connectivity index (χ4n) is 2.84. The number of fused-ring (bicyclic) bond motifs is 1. The fraction of sp³-hybridized carbons (Fsp3) is 0.158. The molecule has 6 nitrogen and oxygen atoms in total. The molecule has 1 N–H and O–H groups in total. The second kappa shape index (κ2) is 7.05. The maximum atomic E-state index is 5.41. The van der Waals surface area contributed by atoms with Crippen molar-refractivity contribution in [1.82, 2.24) is 14.4 Å². The average molecular weight is 366 g/mol. The van der Waals surface area contributed by atoms with Crippen LogP contribution in [0.4, 0.5) is 5.82 Å². The van der Waals surface area contributed by atoms with Crippen LogP contribution >= 0.6 is 11.3 Å². The van der Waals surface area contributed by atoms with E-state index in [0.717, 1.165) is 29.3 Å². The van der Waals surface area contributed by atoms with Crippen molar-refractivity contribution < 1.29 is 9.47 Å². The van der Waals surface area contributed by atoms with Crippen LogP contribution in [0.2, 0.25) is 0 Å². The van der Waals surface area contributed by atoms with E-state index in [1.165, 1.54) is 4.88 Å². The molecule has 0 unspecified atom stereocenters. The predicted molar refractivity (Wildman–Crippen MR) is 103 cm³/mol. The van der Waals surface area contributed by atoms with E-state index in [4.69, 9.17) is 9.47 Å². The second-order valence-corrected chi connectivity index (χ2v) is 6.65. The summed E-state index contributed by atoms with van der Waals surface area (Å²) in [5.74, 6) is 2.14. The van der Waals surface area contributed by atoms with Crippen molar-refractivity contribution >= 4 is 22.8 Å². The number of methoxy groups -OCH3 is 2. The number of benzene rings is 1. The average Bonchev–Trinajstić information content (AvgIpc) is 3.35. The molecule has 0 radical (unpaired) electrons. The van der Waals surface area contributed by atoms with Gasteiger partial charge in [-0.1, -0.05) is 6.07 Å². The standard InChI is InChI=1S/C19H18N4O2S/c1-24-16-6-5-13(10-17(16)25-2)15-12-22-19-18(20-7-8-23(15)19)21-11-14-4-3-9-26-14/h3-10,12H,11H2,1-2H3,(H,20,21). The summed E-state index contributed by atoms with van der Waals surface area (Å²) in [7, 11) is 3.26. The van der Waals surface area contributed by atoms with Crippen LogP contribution in [0.15, 0.2) is 54.3 Å². The summed E-state index contributed by atoms with van der Waals surface area (Å²) < 4.78 is 12.7. The molecule has 0 atom stereocenters. The van der Waals surface area contributed by atoms with Crippen LogP contribution in [0.5, 0.6) is 11.5 Å². The number of ether oxygens (including phenoxy) is 2. The van der Waals surface area contributed by atoms with E-state index >= 15 is 0 Å². The molecule has 26 heavy (non-hydrogen) atoms. The number of hydrogen-bond donors (Lipinski definition) is 1. The lowest BCUT2D eigenvalue weighted by molar-refractivity contribution is 0.355. The number of aromatic nitrogens is 3. The molecule has 4 rings (SSSR count). The van der Waals surface area contributed by atoms with Gasteiger partial charge in [0, 0.05) is 22.8 Å². The van der Waals surface area contributed by atoms with Crippen LogP contribution in [0.3, 0.4) is 0 Å². The van der Waals surface area contributed by atoms with E-state index in [-0.39, 0.29) is 0 Å². The van der Waals surface area contributed by atoms with Crippen molar-refractivity contribution in [3.05, 3.63) is 59.2 Å². The van der Waals surface area contributed by atoms with Gasteiger partial charge in [0.05, 0.1) is 32.7 Å². The molecule has 4 aromatic rings. The molecule has 132 valence electrons. The first-order valence-electron chi connectivity index (χ1n) is 8.11. The normalized spacial score (nSPS) is 10.8. The Morgan fingerprint density at radius 3 is 2.77 bits per heavy atom. The molecule has 0 saturated heterocycles. The van der Waals surface area contributed by atoms with Gasteiger partial charge in [-0.25, -0.2) is 9.97 Å². The van der Waals surface area contributed by atoms with Gasteiger partial charge in [0.25, 0.3) is 0 Å². The lowest BCUT2D eigenvalue weighted by Crippen LogP contribution is -2.02. The van der Waals surface area contributed by atoms with E-state index in [9.17, 15) is 0 Å². The Balaban J connectivity index is 1.70. The van der Waals surface area contributed by atoms with Gasteiger partial charge in [-0.05, 0) is 29.6 Å². The lowest BCUT2D eigenvalue weighted by atomic mass is 10.1. The summed E-state index contributed by atoms with van der Waals surface area (Å²) >= 11 is 1.71. The highest BCUT2D eigenvalue weighted by Crippen LogP contribution is 2.33. The minimum atomic E-state index is 0.685.